The summed E-state index contributed by atoms with van der Waals surface area (Å²) in [6, 6.07) is 7.18. The van der Waals surface area contributed by atoms with E-state index in [4.69, 9.17) is 9.47 Å². The zero-order valence-corrected chi connectivity index (χ0v) is 24.1. The van der Waals surface area contributed by atoms with E-state index in [0.29, 0.717) is 5.75 Å². The number of carbonyl (C=O) groups is 2. The molecular formula is C28H37O4Y-. The molecule has 4 nitrogen and oxygen atoms in total. The molecule has 0 unspecified atom stereocenters. The van der Waals surface area contributed by atoms with Crippen LogP contribution in [0, 0.1) is 13.0 Å². The first kappa shape index (κ1) is 35.3. The van der Waals surface area contributed by atoms with Gasteiger partial charge in [-0.05, 0) is 38.5 Å². The summed E-state index contributed by atoms with van der Waals surface area (Å²) in [5.41, 5.74) is 1.14. The van der Waals surface area contributed by atoms with Crippen molar-refractivity contribution in [1.29, 1.82) is 0 Å². The van der Waals surface area contributed by atoms with E-state index in [-0.39, 0.29) is 49.6 Å². The van der Waals surface area contributed by atoms with Crippen LogP contribution in [0.3, 0.4) is 0 Å². The van der Waals surface area contributed by atoms with Gasteiger partial charge < -0.3 is 14.3 Å². The van der Waals surface area contributed by atoms with E-state index >= 15 is 0 Å². The summed E-state index contributed by atoms with van der Waals surface area (Å²) >= 11 is 0. The number of esters is 2. The molecule has 0 saturated heterocycles. The van der Waals surface area contributed by atoms with Gasteiger partial charge in [-0.1, -0.05) is 71.0 Å². The summed E-state index contributed by atoms with van der Waals surface area (Å²) in [6.45, 7) is 18.6. The number of aryl methyl sites for hydroxylation is 1. The van der Waals surface area contributed by atoms with Crippen LogP contribution in [-0.4, -0.2) is 11.9 Å². The third-order valence-electron chi connectivity index (χ3n) is 3.52. The number of allylic oxidation sites excluding steroid dienone is 7. The van der Waals surface area contributed by atoms with Crippen LogP contribution in [0.2, 0.25) is 0 Å². The van der Waals surface area contributed by atoms with Gasteiger partial charge in [-0.15, -0.1) is 24.3 Å². The number of para-hydroxylation sites is 1. The molecule has 0 atom stereocenters. The van der Waals surface area contributed by atoms with Crippen LogP contribution < -0.4 is 4.74 Å². The van der Waals surface area contributed by atoms with E-state index in [1.165, 1.54) is 18.2 Å². The minimum absolute atomic E-state index is 0. The minimum atomic E-state index is -0.656. The Kier molecular flexibility index (Phi) is 24.5. The van der Waals surface area contributed by atoms with Gasteiger partial charge in [-0.2, -0.15) is 12.2 Å². The van der Waals surface area contributed by atoms with Crippen LogP contribution in [0.25, 0.3) is 0 Å². The molecule has 1 rings (SSSR count). The molecule has 0 aliphatic heterocycles. The molecule has 33 heavy (non-hydrogen) atoms. The second-order valence-corrected chi connectivity index (χ2v) is 5.55. The first-order valence-corrected chi connectivity index (χ1v) is 10.8. The van der Waals surface area contributed by atoms with Crippen molar-refractivity contribution in [3.05, 3.63) is 102 Å². The zero-order valence-electron chi connectivity index (χ0n) is 21.3. The monoisotopic (exact) mass is 526 g/mol. The second-order valence-electron chi connectivity index (χ2n) is 5.55. The topological polar surface area (TPSA) is 52.6 Å². The van der Waals surface area contributed by atoms with Crippen molar-refractivity contribution in [3.63, 3.8) is 0 Å². The van der Waals surface area contributed by atoms with E-state index in [1.54, 1.807) is 50.3 Å². The van der Waals surface area contributed by atoms with Gasteiger partial charge in [0.2, 0.25) is 5.97 Å². The van der Waals surface area contributed by atoms with Crippen molar-refractivity contribution in [2.45, 2.75) is 55.4 Å². The van der Waals surface area contributed by atoms with E-state index in [0.717, 1.165) is 5.56 Å². The average molecular weight is 527 g/mol. The molecule has 5 heteroatoms. The molecule has 0 aromatic heterocycles. The Balaban J connectivity index is -0.00000170. The molecule has 0 heterocycles. The molecule has 0 N–H and O–H groups in total. The summed E-state index contributed by atoms with van der Waals surface area (Å²) < 4.78 is 10.9. The molecule has 177 valence electrons. The van der Waals surface area contributed by atoms with Crippen molar-refractivity contribution in [1.82, 2.24) is 0 Å². The quantitative estimate of drug-likeness (QED) is 0.0885. The minimum Gasteiger partial charge on any atom is -0.481 e. The first-order valence-electron chi connectivity index (χ1n) is 10.8. The maximum atomic E-state index is 12.7. The van der Waals surface area contributed by atoms with Crippen molar-refractivity contribution >= 4 is 11.9 Å². The van der Waals surface area contributed by atoms with Gasteiger partial charge in [0.1, 0.15) is 11.5 Å². The number of carbonyl (C=O) groups excluding carboxylic acids is 2. The number of hydrogen-bond donors (Lipinski definition) is 0. The van der Waals surface area contributed by atoms with Crippen molar-refractivity contribution < 1.29 is 51.8 Å². The normalized spacial score (nSPS) is 11.5. The Labute approximate surface area is 225 Å². The predicted molar refractivity (Wildman–Crippen MR) is 134 cm³/mol. The first-order chi connectivity index (χ1) is 15.5. The third-order valence-corrected chi connectivity index (χ3v) is 3.52. The molecule has 1 radical (unpaired) electrons. The fourth-order valence-corrected chi connectivity index (χ4v) is 2.15. The maximum Gasteiger partial charge on any atom is 0.346 e. The van der Waals surface area contributed by atoms with Gasteiger partial charge in [-0.3, -0.25) is 0 Å². The van der Waals surface area contributed by atoms with Crippen molar-refractivity contribution in [2.75, 3.05) is 0 Å². The molecule has 1 aromatic rings. The molecular weight excluding hydrogens is 489 g/mol. The molecule has 1 aromatic carbocycles. The molecule has 0 saturated carbocycles. The Bertz CT molecular complexity index is 872. The fourth-order valence-electron chi connectivity index (χ4n) is 2.15. The van der Waals surface area contributed by atoms with E-state index in [1.807, 2.05) is 53.7 Å². The fraction of sp³-hybridized carbons (Fsp3) is 0.286. The Morgan fingerprint density at radius 1 is 0.970 bits per heavy atom. The van der Waals surface area contributed by atoms with Gasteiger partial charge >= 0.3 is 5.97 Å². The van der Waals surface area contributed by atoms with E-state index < -0.39 is 11.9 Å². The summed E-state index contributed by atoms with van der Waals surface area (Å²) in [5.74, 6) is -0.753. The van der Waals surface area contributed by atoms with E-state index in [9.17, 15) is 9.59 Å². The maximum absolute atomic E-state index is 12.7. The number of hydrogen-bond acceptors (Lipinski definition) is 4. The summed E-state index contributed by atoms with van der Waals surface area (Å²) in [6.07, 6.45) is 13.8. The predicted octanol–water partition coefficient (Wildman–Crippen LogP) is 7.39. The Morgan fingerprint density at radius 3 is 2.06 bits per heavy atom. The van der Waals surface area contributed by atoms with Crippen LogP contribution in [-0.2, 0) is 47.0 Å². The smallest absolute Gasteiger partial charge is 0.346 e. The average Bonchev–Trinajstić information content (AvgIpc) is 2.81. The number of benzene rings is 1. The van der Waals surface area contributed by atoms with Crippen LogP contribution in [0.1, 0.15) is 54.0 Å². The molecule has 0 aliphatic rings. The summed E-state index contributed by atoms with van der Waals surface area (Å²) in [7, 11) is 0. The standard InChI is InChI=1S/C24H25O4.2C2H6.Y/c1-6-10-16-22(28-23(25)19(13-7-2)14-8-3)20(9-4)24(26)27-21-17-12-11-15-18(21)5;2*1-2;/h6-13,15-17H,2H2,1,3-5H3;2*1-2H3;/q-1;;;/b10-6-,19-13+,20-9+,22-16+;;;. The molecule has 0 fully saturated rings. The van der Waals surface area contributed by atoms with Gasteiger partial charge in [0.05, 0.1) is 5.57 Å². The van der Waals surface area contributed by atoms with E-state index in [2.05, 4.69) is 12.7 Å². The van der Waals surface area contributed by atoms with Crippen LogP contribution in [0.15, 0.2) is 90.3 Å². The van der Waals surface area contributed by atoms with Gasteiger partial charge in [0.15, 0.2) is 0 Å². The molecule has 0 bridgehead atoms. The zero-order chi connectivity index (χ0) is 24.9. The van der Waals surface area contributed by atoms with Gasteiger partial charge in [-0.25, -0.2) is 4.79 Å². The SMILES string of the molecule is C=C/C=C(\[C-]=CC)C(=O)OC(=C/C=C\C)/C(=C\C)C(=O)Oc1ccccc1C.CC.CC.[Y]. The van der Waals surface area contributed by atoms with Crippen molar-refractivity contribution in [3.8, 4) is 5.75 Å². The summed E-state index contributed by atoms with van der Waals surface area (Å²) in [4.78, 5) is 25.2. The Morgan fingerprint density at radius 2 is 1.58 bits per heavy atom. The molecule has 0 aliphatic carbocycles. The van der Waals surface area contributed by atoms with Gasteiger partial charge in [0.25, 0.3) is 0 Å². The second kappa shape index (κ2) is 22.9. The number of rotatable bonds is 8. The van der Waals surface area contributed by atoms with Crippen LogP contribution in [0.4, 0.5) is 0 Å². The number of ether oxygens (including phenoxy) is 2. The van der Waals surface area contributed by atoms with Crippen LogP contribution >= 0.6 is 0 Å². The molecule has 0 amide bonds. The molecule has 0 spiro atoms. The van der Waals surface area contributed by atoms with Crippen LogP contribution in [0.5, 0.6) is 5.75 Å². The third kappa shape index (κ3) is 13.8. The van der Waals surface area contributed by atoms with Crippen molar-refractivity contribution in [2.24, 2.45) is 0 Å². The summed E-state index contributed by atoms with van der Waals surface area (Å²) in [5, 5.41) is 0. The van der Waals surface area contributed by atoms with Gasteiger partial charge in [0, 0.05) is 32.7 Å². The largest absolute Gasteiger partial charge is 0.481 e. The Hall–Kier alpha value is -2.30.